The summed E-state index contributed by atoms with van der Waals surface area (Å²) in [4.78, 5) is 61.8. The predicted octanol–water partition coefficient (Wildman–Crippen LogP) is 4.91. The summed E-state index contributed by atoms with van der Waals surface area (Å²) in [6, 6.07) is 4.31. The number of pyridine rings is 1. The Morgan fingerprint density at radius 2 is 1.89 bits per heavy atom. The van der Waals surface area contributed by atoms with Gasteiger partial charge in [0.25, 0.3) is 5.91 Å². The Labute approximate surface area is 329 Å². The number of carbonyl (C=O) groups excluding carboxylic acids is 4. The fourth-order valence-corrected chi connectivity index (χ4v) is 9.02. The largest absolute Gasteiger partial charge is 0.497 e. The Morgan fingerprint density at radius 3 is 2.56 bits per heavy atom. The molecule has 57 heavy (non-hydrogen) atoms. The summed E-state index contributed by atoms with van der Waals surface area (Å²) in [7, 11) is -2.54. The molecule has 0 radical (unpaired) electrons. The van der Waals surface area contributed by atoms with Crippen molar-refractivity contribution in [3.8, 4) is 11.6 Å². The molecule has 2 aliphatic carbocycles. The molecule has 18 heteroatoms. The van der Waals surface area contributed by atoms with Crippen LogP contribution in [-0.4, -0.2) is 96.5 Å². The number of hydrogen-bond acceptors (Lipinski definition) is 10. The zero-order valence-corrected chi connectivity index (χ0v) is 33.4. The molecular weight excluding hydrogens is 772 g/mol. The van der Waals surface area contributed by atoms with Gasteiger partial charge in [-0.05, 0) is 93.9 Å². The first kappa shape index (κ1) is 42.0. The van der Waals surface area contributed by atoms with Gasteiger partial charge in [0.1, 0.15) is 29.5 Å². The van der Waals surface area contributed by atoms with Crippen LogP contribution in [0.4, 0.5) is 18.0 Å². The van der Waals surface area contributed by atoms with E-state index in [9.17, 15) is 40.8 Å². The molecule has 8 atom stereocenters. The van der Waals surface area contributed by atoms with E-state index in [-0.39, 0.29) is 31.2 Å². The fourth-order valence-electron chi connectivity index (χ4n) is 7.71. The van der Waals surface area contributed by atoms with Crippen molar-refractivity contribution in [2.24, 2.45) is 17.8 Å². The number of ether oxygens (including phenoxy) is 3. The highest BCUT2D eigenvalue weighted by atomic mass is 32.2. The molecule has 2 saturated carbocycles. The van der Waals surface area contributed by atoms with Gasteiger partial charge in [0.2, 0.25) is 27.7 Å². The third-order valence-electron chi connectivity index (χ3n) is 11.8. The minimum atomic E-state index is -4.85. The van der Waals surface area contributed by atoms with Gasteiger partial charge in [-0.25, -0.2) is 18.2 Å². The van der Waals surface area contributed by atoms with Crippen LogP contribution in [0.2, 0.25) is 0 Å². The number of sulfonamides is 1. The second-order valence-electron chi connectivity index (χ2n) is 16.1. The first-order chi connectivity index (χ1) is 26.8. The van der Waals surface area contributed by atoms with Gasteiger partial charge in [-0.3, -0.25) is 19.1 Å². The Morgan fingerprint density at radius 1 is 1.16 bits per heavy atom. The number of fused-ring (bicyclic) bond motifs is 3. The zero-order chi connectivity index (χ0) is 41.5. The maximum atomic E-state index is 14.8. The molecule has 8 unspecified atom stereocenters. The Kier molecular flexibility index (Phi) is 11.8. The van der Waals surface area contributed by atoms with E-state index in [1.54, 1.807) is 37.3 Å². The van der Waals surface area contributed by atoms with Gasteiger partial charge in [-0.15, -0.1) is 0 Å². The normalized spacial score (nSPS) is 29.4. The summed E-state index contributed by atoms with van der Waals surface area (Å²) >= 11 is 0. The first-order valence-corrected chi connectivity index (χ1v) is 20.8. The van der Waals surface area contributed by atoms with Crippen LogP contribution < -0.4 is 24.8 Å². The fraction of sp³-hybridized carbons (Fsp3) is 0.615. The quantitative estimate of drug-likeness (QED) is 0.294. The number of amides is 4. The number of rotatable bonds is 9. The molecule has 312 valence electrons. The molecule has 0 bridgehead atoms. The van der Waals surface area contributed by atoms with Crippen molar-refractivity contribution < 1.29 is 55.0 Å². The third-order valence-corrected chi connectivity index (χ3v) is 14.0. The van der Waals surface area contributed by atoms with E-state index in [0.29, 0.717) is 56.6 Å². The van der Waals surface area contributed by atoms with Gasteiger partial charge in [0.15, 0.2) is 6.10 Å². The number of allylic oxidation sites excluding steroid dienone is 1. The van der Waals surface area contributed by atoms with E-state index in [0.717, 1.165) is 5.39 Å². The van der Waals surface area contributed by atoms with Crippen LogP contribution in [0, 0.1) is 17.8 Å². The van der Waals surface area contributed by atoms with Gasteiger partial charge >= 0.3 is 12.3 Å². The minimum absolute atomic E-state index is 0.0232. The van der Waals surface area contributed by atoms with E-state index in [1.165, 1.54) is 25.1 Å². The molecule has 0 spiro atoms. The minimum Gasteiger partial charge on any atom is -0.497 e. The van der Waals surface area contributed by atoms with Crippen molar-refractivity contribution in [3.05, 3.63) is 42.6 Å². The molecule has 2 aliphatic heterocycles. The summed E-state index contributed by atoms with van der Waals surface area (Å²) < 4.78 is 84.0. The number of nitrogens with zero attached hydrogens (tertiary/aromatic N) is 2. The maximum absolute atomic E-state index is 14.8. The topological polar surface area (TPSA) is 182 Å². The molecule has 1 aromatic carbocycles. The van der Waals surface area contributed by atoms with Crippen LogP contribution in [0.3, 0.4) is 0 Å². The number of nitrogens with one attached hydrogen (secondary N) is 3. The number of benzene rings is 1. The number of carbonyl (C=O) groups is 4. The molecule has 3 heterocycles. The molecule has 4 aliphatic rings. The molecule has 2 aromatic rings. The molecule has 4 amide bonds. The van der Waals surface area contributed by atoms with Crippen LogP contribution in [0.5, 0.6) is 11.6 Å². The van der Waals surface area contributed by atoms with Crippen molar-refractivity contribution in [3.63, 3.8) is 0 Å². The van der Waals surface area contributed by atoms with Crippen LogP contribution >= 0.6 is 0 Å². The predicted molar refractivity (Wildman–Crippen MR) is 201 cm³/mol. The number of halogens is 3. The summed E-state index contributed by atoms with van der Waals surface area (Å²) in [6.07, 6.45) is -1.72. The van der Waals surface area contributed by atoms with Crippen LogP contribution in [0.15, 0.2) is 42.6 Å². The van der Waals surface area contributed by atoms with Crippen molar-refractivity contribution in [2.45, 2.75) is 120 Å². The monoisotopic (exact) mass is 821 g/mol. The van der Waals surface area contributed by atoms with Crippen LogP contribution in [0.25, 0.3) is 10.8 Å². The van der Waals surface area contributed by atoms with Crippen molar-refractivity contribution in [1.82, 2.24) is 25.2 Å². The highest BCUT2D eigenvalue weighted by molar-refractivity contribution is 7.91. The smallest absolute Gasteiger partial charge is 0.425 e. The highest BCUT2D eigenvalue weighted by Gasteiger charge is 2.63. The van der Waals surface area contributed by atoms with E-state index in [4.69, 9.17) is 9.47 Å². The lowest BCUT2D eigenvalue weighted by atomic mass is 9.85. The maximum Gasteiger partial charge on any atom is 0.425 e. The van der Waals surface area contributed by atoms with Gasteiger partial charge in [0.05, 0.1) is 18.4 Å². The van der Waals surface area contributed by atoms with E-state index < -0.39 is 86.4 Å². The average molecular weight is 822 g/mol. The SMILES string of the molecule is CCC1CC(C)CCC=CC2CC2(C(=O)NS(=O)(=O)C2(C)CC2)NC(=O)C2CC(Oc3nccc4cc(OC)ccc34)CN2C(=O)C1NC(=O)OC(C)C(F)(F)F. The van der Waals surface area contributed by atoms with Gasteiger partial charge in [-0.2, -0.15) is 13.2 Å². The highest BCUT2D eigenvalue weighted by Crippen LogP contribution is 2.47. The van der Waals surface area contributed by atoms with Crippen molar-refractivity contribution in [2.75, 3.05) is 13.7 Å². The number of alkyl halides is 3. The number of aromatic nitrogens is 1. The first-order valence-electron chi connectivity index (χ1n) is 19.3. The standard InChI is InChI=1S/C39H50F3N5O9S/c1-6-24-17-22(2)9-7-8-10-26-20-38(26,35(50)46-57(52,53)37(4)14-15-37)45-32(48)30-19-28(56-33-29-12-11-27(54-5)18-25(29)13-16-43-33)21-47(30)34(49)31(24)44-36(51)55-23(3)39(40,41)42/h8,10-13,16,18,22-24,26,28,30-31H,6-7,9,14-15,17,19-21H2,1-5H3,(H,44,51)(H,45,48)(H,46,50). The van der Waals surface area contributed by atoms with Gasteiger partial charge < -0.3 is 29.7 Å². The van der Waals surface area contributed by atoms with E-state index in [2.05, 4.69) is 25.1 Å². The lowest BCUT2D eigenvalue weighted by Crippen LogP contribution is -2.59. The summed E-state index contributed by atoms with van der Waals surface area (Å²) in [5.41, 5.74) is -1.64. The molecule has 3 fully saturated rings. The number of alkyl carbamates (subject to hydrolysis) is 1. The Hall–Kier alpha value is -4.61. The van der Waals surface area contributed by atoms with Gasteiger partial charge in [0, 0.05) is 23.9 Å². The lowest BCUT2D eigenvalue weighted by molar-refractivity contribution is -0.197. The molecule has 1 aromatic heterocycles. The molecule has 6 rings (SSSR count). The zero-order valence-electron chi connectivity index (χ0n) is 32.6. The summed E-state index contributed by atoms with van der Waals surface area (Å²) in [5, 5.41) is 6.57. The second-order valence-corrected chi connectivity index (χ2v) is 18.3. The number of hydrogen-bond donors (Lipinski definition) is 3. The van der Waals surface area contributed by atoms with E-state index >= 15 is 0 Å². The molecular formula is C39H50F3N5O9S. The van der Waals surface area contributed by atoms with Gasteiger partial charge in [-0.1, -0.05) is 32.4 Å². The van der Waals surface area contributed by atoms with Crippen molar-refractivity contribution in [1.29, 1.82) is 0 Å². The molecule has 14 nitrogen and oxygen atoms in total. The van der Waals surface area contributed by atoms with E-state index in [1.807, 2.05) is 13.0 Å². The second kappa shape index (κ2) is 16.0. The van der Waals surface area contributed by atoms with Crippen LogP contribution in [-0.2, 0) is 29.1 Å². The molecule has 3 N–H and O–H groups in total. The molecule has 1 saturated heterocycles. The lowest BCUT2D eigenvalue weighted by Gasteiger charge is -2.34. The Bertz CT molecular complexity index is 2030. The van der Waals surface area contributed by atoms with Crippen molar-refractivity contribution >= 4 is 44.6 Å². The number of methoxy groups -OCH3 is 1. The summed E-state index contributed by atoms with van der Waals surface area (Å²) in [6.45, 7) is 5.78. The summed E-state index contributed by atoms with van der Waals surface area (Å²) in [5.74, 6) is -2.75. The van der Waals surface area contributed by atoms with Crippen LogP contribution in [0.1, 0.15) is 79.1 Å². The third kappa shape index (κ3) is 8.94. The Balaban J connectivity index is 1.36. The average Bonchev–Trinajstić information content (AvgIpc) is 4.03.